The van der Waals surface area contributed by atoms with E-state index in [-0.39, 0.29) is 5.92 Å². The van der Waals surface area contributed by atoms with Gasteiger partial charge in [0, 0.05) is 0 Å². The molecule has 0 amide bonds. The van der Waals surface area contributed by atoms with Crippen molar-refractivity contribution in [1.82, 2.24) is 0 Å². The van der Waals surface area contributed by atoms with Crippen molar-refractivity contribution in [2.45, 2.75) is 77.6 Å². The third-order valence-electron chi connectivity index (χ3n) is 7.01. The highest BCUT2D eigenvalue weighted by Gasteiger charge is 2.34. The number of ether oxygens (including phenoxy) is 1. The second-order valence-corrected chi connectivity index (χ2v) is 8.81. The summed E-state index contributed by atoms with van der Waals surface area (Å²) in [4.78, 5) is 12.4. The van der Waals surface area contributed by atoms with Crippen LogP contribution in [0.2, 0.25) is 0 Å². The average molecular weight is 404 g/mol. The number of carbonyl (C=O) groups excluding carboxylic acids is 1. The maximum absolute atomic E-state index is 14.0. The fourth-order valence-electron chi connectivity index (χ4n) is 5.16. The summed E-state index contributed by atoms with van der Waals surface area (Å²) in [5, 5.41) is 8.74. The highest BCUT2D eigenvalue weighted by atomic mass is 19.2. The molecule has 2 aliphatic rings. The van der Waals surface area contributed by atoms with Crippen LogP contribution in [0, 0.1) is 46.6 Å². The van der Waals surface area contributed by atoms with E-state index in [1.807, 2.05) is 0 Å². The van der Waals surface area contributed by atoms with E-state index in [9.17, 15) is 13.6 Å². The molecular weight excluding hydrogens is 372 g/mol. The molecule has 0 bridgehead atoms. The van der Waals surface area contributed by atoms with Crippen LogP contribution in [0.25, 0.3) is 0 Å². The number of rotatable bonds is 6. The smallest absolute Gasteiger partial charge is 0.314 e. The van der Waals surface area contributed by atoms with E-state index in [0.717, 1.165) is 49.7 Å². The molecule has 0 N–H and O–H groups in total. The summed E-state index contributed by atoms with van der Waals surface area (Å²) in [6.45, 7) is 2.25. The first-order valence-electron chi connectivity index (χ1n) is 11.1. The van der Waals surface area contributed by atoms with Crippen LogP contribution in [0.4, 0.5) is 8.78 Å². The molecule has 3 rings (SSSR count). The minimum Gasteiger partial charge on any atom is -0.423 e. The van der Waals surface area contributed by atoms with Crippen molar-refractivity contribution >= 4 is 5.97 Å². The van der Waals surface area contributed by atoms with Gasteiger partial charge in [0.15, 0.2) is 11.6 Å². The topological polar surface area (TPSA) is 50.1 Å². The van der Waals surface area contributed by atoms with Gasteiger partial charge in [-0.2, -0.15) is 9.65 Å². The predicted octanol–water partition coefficient (Wildman–Crippen LogP) is 6.54. The summed E-state index contributed by atoms with van der Waals surface area (Å²) in [5.74, 6) is -1.37. The Morgan fingerprint density at radius 3 is 2.24 bits per heavy atom. The molecule has 3 nitrogen and oxygen atoms in total. The molecule has 29 heavy (non-hydrogen) atoms. The lowest BCUT2D eigenvalue weighted by atomic mass is 9.68. The van der Waals surface area contributed by atoms with Gasteiger partial charge in [-0.25, -0.2) is 4.39 Å². The third kappa shape index (κ3) is 5.35. The van der Waals surface area contributed by atoms with Crippen LogP contribution in [0.15, 0.2) is 12.1 Å². The standard InChI is InChI=1S/C24H31F2NO2/c1-2-3-4-16-5-7-17(8-6-16)18-9-11-19(12-10-18)24(28)29-21-14-13-20(15-27)22(25)23(21)26/h13-14,16-19H,2-12H2,1H3/t16-,17-,18-,19-. The highest BCUT2D eigenvalue weighted by Crippen LogP contribution is 2.42. The molecule has 2 aliphatic carbocycles. The summed E-state index contributed by atoms with van der Waals surface area (Å²) in [7, 11) is 0. The Labute approximate surface area is 172 Å². The molecule has 0 aromatic heterocycles. The number of carbonyl (C=O) groups is 1. The number of benzene rings is 1. The van der Waals surface area contributed by atoms with E-state index >= 15 is 0 Å². The van der Waals surface area contributed by atoms with Crippen molar-refractivity contribution in [2.75, 3.05) is 0 Å². The van der Waals surface area contributed by atoms with Gasteiger partial charge < -0.3 is 4.74 Å². The van der Waals surface area contributed by atoms with E-state index in [4.69, 9.17) is 10.00 Å². The number of nitriles is 1. The van der Waals surface area contributed by atoms with Crippen LogP contribution >= 0.6 is 0 Å². The van der Waals surface area contributed by atoms with E-state index in [2.05, 4.69) is 6.92 Å². The van der Waals surface area contributed by atoms with Gasteiger partial charge in [0.2, 0.25) is 5.82 Å². The number of unbranched alkanes of at least 4 members (excludes halogenated alkanes) is 1. The molecule has 158 valence electrons. The van der Waals surface area contributed by atoms with Crippen LogP contribution in [0.1, 0.15) is 83.1 Å². The SMILES string of the molecule is CCCC[C@H]1CC[C@H]([C@H]2CC[C@H](C(=O)Oc3ccc(C#N)c(F)c3F)CC2)CC1. The Morgan fingerprint density at radius 2 is 1.66 bits per heavy atom. The second kappa shape index (κ2) is 10.2. The van der Waals surface area contributed by atoms with Gasteiger partial charge in [-0.1, -0.05) is 39.0 Å². The van der Waals surface area contributed by atoms with Gasteiger partial charge in [-0.15, -0.1) is 0 Å². The van der Waals surface area contributed by atoms with Crippen molar-refractivity contribution in [3.05, 3.63) is 29.3 Å². The molecule has 0 atom stereocenters. The molecule has 1 aromatic carbocycles. The zero-order valence-electron chi connectivity index (χ0n) is 17.3. The predicted molar refractivity (Wildman–Crippen MR) is 107 cm³/mol. The highest BCUT2D eigenvalue weighted by molar-refractivity contribution is 5.75. The fourth-order valence-corrected chi connectivity index (χ4v) is 5.16. The van der Waals surface area contributed by atoms with E-state index in [0.29, 0.717) is 5.92 Å². The van der Waals surface area contributed by atoms with Gasteiger partial charge in [-0.3, -0.25) is 4.79 Å². The number of esters is 1. The van der Waals surface area contributed by atoms with Crippen molar-refractivity contribution in [1.29, 1.82) is 5.26 Å². The first-order valence-corrected chi connectivity index (χ1v) is 11.1. The lowest BCUT2D eigenvalue weighted by Crippen LogP contribution is -2.30. The minimum absolute atomic E-state index is 0.259. The van der Waals surface area contributed by atoms with E-state index in [1.165, 1.54) is 44.9 Å². The van der Waals surface area contributed by atoms with Gasteiger partial charge >= 0.3 is 5.97 Å². The van der Waals surface area contributed by atoms with Crippen LogP contribution in [0.5, 0.6) is 5.75 Å². The number of hydrogen-bond donors (Lipinski definition) is 0. The van der Waals surface area contributed by atoms with Crippen molar-refractivity contribution in [3.63, 3.8) is 0 Å². The summed E-state index contributed by atoms with van der Waals surface area (Å²) in [6.07, 6.45) is 12.8. The molecule has 0 heterocycles. The normalized spacial score (nSPS) is 27.2. The third-order valence-corrected chi connectivity index (χ3v) is 7.01. The zero-order valence-corrected chi connectivity index (χ0v) is 17.3. The van der Waals surface area contributed by atoms with Gasteiger partial charge in [0.1, 0.15) is 6.07 Å². The Hall–Kier alpha value is -1.96. The molecule has 0 spiro atoms. The van der Waals surface area contributed by atoms with E-state index < -0.39 is 28.9 Å². The molecule has 5 heteroatoms. The second-order valence-electron chi connectivity index (χ2n) is 8.81. The van der Waals surface area contributed by atoms with Crippen molar-refractivity contribution in [3.8, 4) is 11.8 Å². The molecule has 1 aromatic rings. The monoisotopic (exact) mass is 403 g/mol. The molecule has 0 aliphatic heterocycles. The summed E-state index contributed by atoms with van der Waals surface area (Å²) in [5.41, 5.74) is -0.396. The number of hydrogen-bond acceptors (Lipinski definition) is 3. The summed E-state index contributed by atoms with van der Waals surface area (Å²) < 4.78 is 32.8. The Morgan fingerprint density at radius 1 is 1.03 bits per heavy atom. The first-order chi connectivity index (χ1) is 14.0. The minimum atomic E-state index is -1.27. The van der Waals surface area contributed by atoms with Gasteiger partial charge in [-0.05, 0) is 68.4 Å². The Bertz CT molecular complexity index is 742. The maximum atomic E-state index is 14.0. The maximum Gasteiger partial charge on any atom is 0.314 e. The number of halogens is 2. The van der Waals surface area contributed by atoms with Crippen LogP contribution in [-0.2, 0) is 4.79 Å². The Kier molecular flexibility index (Phi) is 7.64. The average Bonchev–Trinajstić information content (AvgIpc) is 2.76. The lowest BCUT2D eigenvalue weighted by Gasteiger charge is -2.37. The van der Waals surface area contributed by atoms with Gasteiger partial charge in [0.25, 0.3) is 0 Å². The molecule has 0 saturated heterocycles. The number of nitrogens with zero attached hydrogens (tertiary/aromatic N) is 1. The molecular formula is C24H31F2NO2. The zero-order chi connectivity index (χ0) is 20.8. The molecule has 0 unspecified atom stereocenters. The largest absolute Gasteiger partial charge is 0.423 e. The molecule has 0 radical (unpaired) electrons. The molecule has 2 fully saturated rings. The van der Waals surface area contributed by atoms with E-state index in [1.54, 1.807) is 6.07 Å². The summed E-state index contributed by atoms with van der Waals surface area (Å²) >= 11 is 0. The van der Waals surface area contributed by atoms with Crippen LogP contribution < -0.4 is 4.74 Å². The van der Waals surface area contributed by atoms with Crippen LogP contribution in [-0.4, -0.2) is 5.97 Å². The van der Waals surface area contributed by atoms with Crippen molar-refractivity contribution < 1.29 is 18.3 Å². The van der Waals surface area contributed by atoms with Gasteiger partial charge in [0.05, 0.1) is 11.5 Å². The Balaban J connectivity index is 1.47. The molecule has 2 saturated carbocycles. The van der Waals surface area contributed by atoms with Crippen molar-refractivity contribution in [2.24, 2.45) is 23.7 Å². The van der Waals surface area contributed by atoms with Crippen LogP contribution in [0.3, 0.4) is 0 Å². The first kappa shape index (κ1) is 21.7. The quantitative estimate of drug-likeness (QED) is 0.400. The summed E-state index contributed by atoms with van der Waals surface area (Å²) in [6, 6.07) is 3.86. The fraction of sp³-hybridized carbons (Fsp3) is 0.667. The lowest BCUT2D eigenvalue weighted by molar-refractivity contribution is -0.140.